The third kappa shape index (κ3) is 3.29. The maximum atomic E-state index is 12.4. The molecule has 0 saturated carbocycles. The van der Waals surface area contributed by atoms with Gasteiger partial charge < -0.3 is 9.73 Å². The van der Waals surface area contributed by atoms with Crippen molar-refractivity contribution in [3.8, 4) is 0 Å². The topological polar surface area (TPSA) is 60.1 Å². The fraction of sp³-hybridized carbons (Fsp3) is 0.176. The molecule has 0 spiro atoms. The lowest BCUT2D eigenvalue weighted by molar-refractivity contribution is 0.102. The molecule has 118 valence electrons. The summed E-state index contributed by atoms with van der Waals surface area (Å²) in [5.41, 5.74) is 1.46. The van der Waals surface area contributed by atoms with Crippen molar-refractivity contribution < 1.29 is 9.21 Å². The van der Waals surface area contributed by atoms with Crippen molar-refractivity contribution in [3.05, 3.63) is 70.3 Å². The second-order valence-electron chi connectivity index (χ2n) is 5.25. The Hall–Kier alpha value is -2.53. The number of amides is 1. The zero-order valence-corrected chi connectivity index (χ0v) is 13.6. The van der Waals surface area contributed by atoms with E-state index in [1.54, 1.807) is 29.9 Å². The highest BCUT2D eigenvalue weighted by Gasteiger charge is 2.15. The van der Waals surface area contributed by atoms with Gasteiger partial charge in [-0.2, -0.15) is 5.10 Å². The van der Waals surface area contributed by atoms with Crippen LogP contribution in [0, 0.1) is 13.8 Å². The number of hydrogen-bond acceptors (Lipinski definition) is 3. The molecule has 3 aromatic rings. The maximum absolute atomic E-state index is 12.4. The molecule has 2 heterocycles. The molecule has 0 bridgehead atoms. The van der Waals surface area contributed by atoms with E-state index in [0.717, 1.165) is 5.56 Å². The van der Waals surface area contributed by atoms with Crippen molar-refractivity contribution in [2.75, 3.05) is 5.32 Å². The van der Waals surface area contributed by atoms with Crippen LogP contribution in [0.3, 0.4) is 0 Å². The maximum Gasteiger partial charge on any atom is 0.260 e. The first-order valence-corrected chi connectivity index (χ1v) is 7.56. The minimum absolute atomic E-state index is 0.222. The van der Waals surface area contributed by atoms with Crippen LogP contribution in [0.4, 0.5) is 5.82 Å². The third-order valence-corrected chi connectivity index (χ3v) is 3.89. The van der Waals surface area contributed by atoms with Crippen LogP contribution in [0.5, 0.6) is 0 Å². The molecule has 0 atom stereocenters. The monoisotopic (exact) mass is 329 g/mol. The molecule has 0 unspecified atom stereocenters. The molecule has 5 nitrogen and oxygen atoms in total. The molecule has 0 aliphatic carbocycles. The van der Waals surface area contributed by atoms with Crippen LogP contribution in [0.25, 0.3) is 0 Å². The summed E-state index contributed by atoms with van der Waals surface area (Å²) in [6, 6.07) is 11.0. The number of carbonyl (C=O) groups excluding carboxylic acids is 1. The van der Waals surface area contributed by atoms with Crippen molar-refractivity contribution >= 4 is 23.3 Å². The molecule has 1 amide bonds. The number of furan rings is 1. The first kappa shape index (κ1) is 15.4. The molecule has 0 fully saturated rings. The summed E-state index contributed by atoms with van der Waals surface area (Å²) in [7, 11) is 0. The smallest absolute Gasteiger partial charge is 0.260 e. The number of nitrogens with one attached hydrogen (secondary N) is 1. The van der Waals surface area contributed by atoms with E-state index in [1.807, 2.05) is 31.2 Å². The van der Waals surface area contributed by atoms with Crippen molar-refractivity contribution in [2.24, 2.45) is 0 Å². The highest BCUT2D eigenvalue weighted by atomic mass is 35.5. The van der Waals surface area contributed by atoms with Gasteiger partial charge in [0.2, 0.25) is 0 Å². The van der Waals surface area contributed by atoms with Gasteiger partial charge in [0, 0.05) is 11.1 Å². The number of anilines is 1. The summed E-state index contributed by atoms with van der Waals surface area (Å²) >= 11 is 6.18. The Kier molecular flexibility index (Phi) is 4.21. The van der Waals surface area contributed by atoms with Gasteiger partial charge >= 0.3 is 0 Å². The normalized spacial score (nSPS) is 10.7. The van der Waals surface area contributed by atoms with Crippen molar-refractivity contribution in [2.45, 2.75) is 20.4 Å². The average Bonchev–Trinajstić information content (AvgIpc) is 3.08. The summed E-state index contributed by atoms with van der Waals surface area (Å²) in [6.45, 7) is 4.06. The summed E-state index contributed by atoms with van der Waals surface area (Å²) in [6.07, 6.45) is 1.64. The van der Waals surface area contributed by atoms with Crippen LogP contribution in [-0.4, -0.2) is 15.7 Å². The Morgan fingerprint density at radius 1 is 1.30 bits per heavy atom. The van der Waals surface area contributed by atoms with Crippen molar-refractivity contribution in [1.82, 2.24) is 9.78 Å². The van der Waals surface area contributed by atoms with Gasteiger partial charge in [-0.1, -0.05) is 29.8 Å². The van der Waals surface area contributed by atoms with Gasteiger partial charge in [-0.3, -0.25) is 4.79 Å². The van der Waals surface area contributed by atoms with E-state index in [2.05, 4.69) is 10.4 Å². The quantitative estimate of drug-likeness (QED) is 0.785. The van der Waals surface area contributed by atoms with Crippen LogP contribution >= 0.6 is 11.6 Å². The molecule has 23 heavy (non-hydrogen) atoms. The van der Waals surface area contributed by atoms with E-state index < -0.39 is 0 Å². The van der Waals surface area contributed by atoms with Crippen LogP contribution in [0.15, 0.2) is 47.0 Å². The lowest BCUT2D eigenvalue weighted by atomic mass is 10.2. The van der Waals surface area contributed by atoms with E-state index in [4.69, 9.17) is 16.0 Å². The predicted molar refractivity (Wildman–Crippen MR) is 88.9 cm³/mol. The molecular formula is C17H16ClN3O2. The number of rotatable bonds is 4. The first-order valence-electron chi connectivity index (χ1n) is 7.18. The largest absolute Gasteiger partial charge is 0.466 e. The molecule has 0 aliphatic rings. The molecule has 1 aromatic carbocycles. The Morgan fingerprint density at radius 2 is 2.09 bits per heavy atom. The van der Waals surface area contributed by atoms with Crippen LogP contribution in [0.1, 0.15) is 27.4 Å². The number of halogens is 1. The zero-order valence-electron chi connectivity index (χ0n) is 12.8. The number of carbonyl (C=O) groups is 1. The second-order valence-corrected chi connectivity index (χ2v) is 5.65. The second kappa shape index (κ2) is 6.30. The van der Waals surface area contributed by atoms with E-state index in [9.17, 15) is 4.79 Å². The Morgan fingerprint density at radius 3 is 2.78 bits per heavy atom. The van der Waals surface area contributed by atoms with Crippen molar-refractivity contribution in [1.29, 1.82) is 0 Å². The highest BCUT2D eigenvalue weighted by molar-refractivity contribution is 6.31. The van der Waals surface area contributed by atoms with Crippen LogP contribution in [-0.2, 0) is 6.54 Å². The molecule has 0 aliphatic heterocycles. The lowest BCUT2D eigenvalue weighted by Gasteiger charge is -2.10. The molecule has 6 heteroatoms. The molecule has 0 saturated heterocycles. The summed E-state index contributed by atoms with van der Waals surface area (Å²) in [4.78, 5) is 12.4. The van der Waals surface area contributed by atoms with Crippen LogP contribution < -0.4 is 5.32 Å². The molecule has 2 aromatic heterocycles. The minimum atomic E-state index is -0.222. The van der Waals surface area contributed by atoms with Gasteiger partial charge in [-0.25, -0.2) is 4.68 Å². The molecule has 1 N–H and O–H groups in total. The van der Waals surface area contributed by atoms with Crippen LogP contribution in [0.2, 0.25) is 5.02 Å². The number of nitrogens with zero attached hydrogens (tertiary/aromatic N) is 2. The fourth-order valence-corrected chi connectivity index (χ4v) is 2.59. The highest BCUT2D eigenvalue weighted by Crippen LogP contribution is 2.19. The summed E-state index contributed by atoms with van der Waals surface area (Å²) in [5, 5.41) is 7.77. The van der Waals surface area contributed by atoms with Gasteiger partial charge in [-0.05, 0) is 31.5 Å². The number of aryl methyl sites for hydroxylation is 2. The predicted octanol–water partition coefficient (Wildman–Crippen LogP) is 4.05. The van der Waals surface area contributed by atoms with Gasteiger partial charge in [0.15, 0.2) is 0 Å². The van der Waals surface area contributed by atoms with Crippen molar-refractivity contribution in [3.63, 3.8) is 0 Å². The van der Waals surface area contributed by atoms with E-state index >= 15 is 0 Å². The molecular weight excluding hydrogens is 314 g/mol. The third-order valence-electron chi connectivity index (χ3n) is 3.52. The summed E-state index contributed by atoms with van der Waals surface area (Å²) < 4.78 is 7.09. The Labute approximate surface area is 138 Å². The fourth-order valence-electron chi connectivity index (χ4n) is 2.39. The van der Waals surface area contributed by atoms with E-state index in [-0.39, 0.29) is 5.91 Å². The Balaban J connectivity index is 1.80. The molecule has 3 rings (SSSR count). The number of hydrogen-bond donors (Lipinski definition) is 1. The zero-order chi connectivity index (χ0) is 16.4. The van der Waals surface area contributed by atoms with E-state index in [0.29, 0.717) is 34.5 Å². The average molecular weight is 330 g/mol. The van der Waals surface area contributed by atoms with E-state index in [1.165, 1.54) is 0 Å². The number of benzene rings is 1. The number of aromatic nitrogens is 2. The standard InChI is InChI=1S/C17H16ClN3O2/c1-11-9-14(12(2)23-11)17(22)20-16-7-8-19-21(16)10-13-5-3-4-6-15(13)18/h3-9H,10H2,1-2H3,(H,20,22). The molecule has 0 radical (unpaired) electrons. The first-order chi connectivity index (χ1) is 11.0. The van der Waals surface area contributed by atoms with Gasteiger partial charge in [0.1, 0.15) is 17.3 Å². The lowest BCUT2D eigenvalue weighted by Crippen LogP contribution is -2.16. The van der Waals surface area contributed by atoms with Gasteiger partial charge in [0.05, 0.1) is 18.3 Å². The van der Waals surface area contributed by atoms with Gasteiger partial charge in [0.25, 0.3) is 5.91 Å². The van der Waals surface area contributed by atoms with Gasteiger partial charge in [-0.15, -0.1) is 0 Å². The Bertz CT molecular complexity index is 851. The SMILES string of the molecule is Cc1cc(C(=O)Nc2ccnn2Cc2ccccc2Cl)c(C)o1. The summed E-state index contributed by atoms with van der Waals surface area (Å²) in [5.74, 6) is 1.68. The minimum Gasteiger partial charge on any atom is -0.466 e.